The van der Waals surface area contributed by atoms with Gasteiger partial charge in [-0.05, 0) is 61.2 Å². The summed E-state index contributed by atoms with van der Waals surface area (Å²) >= 11 is 0. The SMILES string of the molecule is COc1cccc(Cc2ccc([C@@H]3CCCN(Cc4ccnn4C)C3)nc2)c1. The maximum absolute atomic E-state index is 5.32. The minimum atomic E-state index is 0.507. The Morgan fingerprint density at radius 2 is 2.07 bits per heavy atom. The summed E-state index contributed by atoms with van der Waals surface area (Å²) < 4.78 is 7.29. The summed E-state index contributed by atoms with van der Waals surface area (Å²) in [4.78, 5) is 7.34. The van der Waals surface area contributed by atoms with Crippen LogP contribution in [-0.2, 0) is 20.0 Å². The maximum atomic E-state index is 5.32. The zero-order chi connectivity index (χ0) is 19.3. The Morgan fingerprint density at radius 1 is 1.14 bits per heavy atom. The van der Waals surface area contributed by atoms with Crippen molar-refractivity contribution < 1.29 is 4.74 Å². The Hall–Kier alpha value is -2.66. The van der Waals surface area contributed by atoms with Crippen LogP contribution in [0, 0.1) is 0 Å². The van der Waals surface area contributed by atoms with E-state index in [1.54, 1.807) is 7.11 Å². The first-order valence-corrected chi connectivity index (χ1v) is 9.98. The summed E-state index contributed by atoms with van der Waals surface area (Å²) in [6, 6.07) is 14.8. The molecule has 5 nitrogen and oxygen atoms in total. The van der Waals surface area contributed by atoms with Crippen molar-refractivity contribution in [2.45, 2.75) is 31.7 Å². The molecule has 4 rings (SSSR count). The largest absolute Gasteiger partial charge is 0.497 e. The monoisotopic (exact) mass is 376 g/mol. The Labute approximate surface area is 167 Å². The molecule has 0 radical (unpaired) electrons. The molecule has 1 aromatic carbocycles. The lowest BCUT2D eigenvalue weighted by molar-refractivity contribution is 0.194. The molecule has 2 aromatic heterocycles. The standard InChI is InChI=1S/C23H28N4O/c1-26-21(10-11-25-26)17-27-12-4-6-20(16-27)23-9-8-19(15-24-23)13-18-5-3-7-22(14-18)28-2/h3,5,7-11,14-15,20H,4,6,12-13,16-17H2,1-2H3/t20-/m1/s1. The number of nitrogens with zero attached hydrogens (tertiary/aromatic N) is 4. The van der Waals surface area contributed by atoms with Gasteiger partial charge in [0.25, 0.3) is 0 Å². The number of aryl methyl sites for hydroxylation is 1. The molecule has 0 saturated carbocycles. The van der Waals surface area contributed by atoms with E-state index in [0.717, 1.165) is 31.8 Å². The summed E-state index contributed by atoms with van der Waals surface area (Å²) in [5, 5.41) is 4.28. The van der Waals surface area contributed by atoms with Crippen LogP contribution in [0.2, 0.25) is 0 Å². The van der Waals surface area contributed by atoms with Crippen molar-refractivity contribution >= 4 is 0 Å². The predicted molar refractivity (Wildman–Crippen MR) is 110 cm³/mol. The lowest BCUT2D eigenvalue weighted by Crippen LogP contribution is -2.34. The summed E-state index contributed by atoms with van der Waals surface area (Å²) in [7, 11) is 3.72. The number of hydrogen-bond acceptors (Lipinski definition) is 4. The van der Waals surface area contributed by atoms with Crippen LogP contribution in [0.3, 0.4) is 0 Å². The molecule has 0 N–H and O–H groups in total. The highest BCUT2D eigenvalue weighted by Crippen LogP contribution is 2.27. The van der Waals surface area contributed by atoms with E-state index in [9.17, 15) is 0 Å². The number of likely N-dealkylation sites (tertiary alicyclic amines) is 1. The molecule has 1 fully saturated rings. The Balaban J connectivity index is 1.39. The van der Waals surface area contributed by atoms with Crippen LogP contribution >= 0.6 is 0 Å². The number of rotatable bonds is 6. The van der Waals surface area contributed by atoms with Gasteiger partial charge >= 0.3 is 0 Å². The molecule has 0 bridgehead atoms. The van der Waals surface area contributed by atoms with Gasteiger partial charge in [-0.2, -0.15) is 5.10 Å². The lowest BCUT2D eigenvalue weighted by Gasteiger charge is -2.32. The molecule has 146 valence electrons. The predicted octanol–water partition coefficient (Wildman–Crippen LogP) is 3.79. The maximum Gasteiger partial charge on any atom is 0.119 e. The van der Waals surface area contributed by atoms with Crippen molar-refractivity contribution in [2.75, 3.05) is 20.2 Å². The third kappa shape index (κ3) is 4.42. The second-order valence-corrected chi connectivity index (χ2v) is 7.64. The normalized spacial score (nSPS) is 17.6. The van der Waals surface area contributed by atoms with E-state index in [1.807, 2.05) is 36.3 Å². The van der Waals surface area contributed by atoms with Gasteiger partial charge in [-0.1, -0.05) is 18.2 Å². The molecule has 0 amide bonds. The quantitative estimate of drug-likeness (QED) is 0.656. The minimum absolute atomic E-state index is 0.507. The molecular formula is C23H28N4O. The van der Waals surface area contributed by atoms with Gasteiger partial charge in [0.2, 0.25) is 0 Å². The van der Waals surface area contributed by atoms with Crippen LogP contribution in [0.4, 0.5) is 0 Å². The first kappa shape index (κ1) is 18.7. The number of pyridine rings is 1. The molecule has 1 saturated heterocycles. The van der Waals surface area contributed by atoms with Gasteiger partial charge in [0, 0.05) is 44.1 Å². The summed E-state index contributed by atoms with van der Waals surface area (Å²) in [6.07, 6.45) is 7.22. The van der Waals surface area contributed by atoms with Crippen molar-refractivity contribution in [3.8, 4) is 5.75 Å². The van der Waals surface area contributed by atoms with Gasteiger partial charge in [0.15, 0.2) is 0 Å². The average Bonchev–Trinajstić information content (AvgIpc) is 3.13. The van der Waals surface area contributed by atoms with Crippen LogP contribution < -0.4 is 4.74 Å². The van der Waals surface area contributed by atoms with E-state index >= 15 is 0 Å². The molecule has 3 aromatic rings. The molecule has 0 spiro atoms. The molecule has 28 heavy (non-hydrogen) atoms. The molecule has 0 unspecified atom stereocenters. The fourth-order valence-electron chi connectivity index (χ4n) is 4.03. The van der Waals surface area contributed by atoms with E-state index < -0.39 is 0 Å². The number of benzene rings is 1. The fraction of sp³-hybridized carbons (Fsp3) is 0.391. The highest BCUT2D eigenvalue weighted by molar-refractivity contribution is 5.32. The van der Waals surface area contributed by atoms with E-state index in [1.165, 1.54) is 35.4 Å². The van der Waals surface area contributed by atoms with Crippen molar-refractivity contribution in [3.63, 3.8) is 0 Å². The van der Waals surface area contributed by atoms with Crippen LogP contribution in [0.25, 0.3) is 0 Å². The minimum Gasteiger partial charge on any atom is -0.497 e. The molecule has 0 aliphatic carbocycles. The Morgan fingerprint density at radius 3 is 2.82 bits per heavy atom. The van der Waals surface area contributed by atoms with Gasteiger partial charge in [-0.3, -0.25) is 14.6 Å². The number of ether oxygens (including phenoxy) is 1. The summed E-state index contributed by atoms with van der Waals surface area (Å²) in [5.41, 5.74) is 4.96. The van der Waals surface area contributed by atoms with Crippen LogP contribution in [0.1, 0.15) is 41.3 Å². The topological polar surface area (TPSA) is 43.2 Å². The van der Waals surface area contributed by atoms with E-state index in [2.05, 4.69) is 40.3 Å². The third-order valence-electron chi connectivity index (χ3n) is 5.62. The fourth-order valence-corrected chi connectivity index (χ4v) is 4.03. The third-order valence-corrected chi connectivity index (χ3v) is 5.62. The molecular weight excluding hydrogens is 348 g/mol. The van der Waals surface area contributed by atoms with Gasteiger partial charge in [-0.15, -0.1) is 0 Å². The van der Waals surface area contributed by atoms with Crippen molar-refractivity contribution in [2.24, 2.45) is 7.05 Å². The smallest absolute Gasteiger partial charge is 0.119 e. The van der Waals surface area contributed by atoms with Crippen LogP contribution in [0.15, 0.2) is 54.9 Å². The number of methoxy groups -OCH3 is 1. The average molecular weight is 377 g/mol. The second kappa shape index (κ2) is 8.57. The van der Waals surface area contributed by atoms with Crippen molar-refractivity contribution in [1.82, 2.24) is 19.7 Å². The Kier molecular flexibility index (Phi) is 5.72. The van der Waals surface area contributed by atoms with Gasteiger partial charge < -0.3 is 4.74 Å². The highest BCUT2D eigenvalue weighted by atomic mass is 16.5. The first-order valence-electron chi connectivity index (χ1n) is 9.98. The summed E-state index contributed by atoms with van der Waals surface area (Å²) in [6.45, 7) is 3.17. The highest BCUT2D eigenvalue weighted by Gasteiger charge is 2.23. The van der Waals surface area contributed by atoms with Crippen molar-refractivity contribution in [1.29, 1.82) is 0 Å². The number of piperidine rings is 1. The van der Waals surface area contributed by atoms with E-state index in [4.69, 9.17) is 9.72 Å². The van der Waals surface area contributed by atoms with Gasteiger partial charge in [-0.25, -0.2) is 0 Å². The second-order valence-electron chi connectivity index (χ2n) is 7.64. The molecule has 1 aliphatic rings. The van der Waals surface area contributed by atoms with Crippen LogP contribution in [0.5, 0.6) is 5.75 Å². The Bertz CT molecular complexity index is 903. The molecule has 1 aliphatic heterocycles. The number of aromatic nitrogens is 3. The summed E-state index contributed by atoms with van der Waals surface area (Å²) in [5.74, 6) is 1.41. The lowest BCUT2D eigenvalue weighted by atomic mass is 9.93. The van der Waals surface area contributed by atoms with Crippen LogP contribution in [-0.4, -0.2) is 39.9 Å². The molecule has 1 atom stereocenters. The van der Waals surface area contributed by atoms with Gasteiger partial charge in [0.05, 0.1) is 12.8 Å². The number of hydrogen-bond donors (Lipinski definition) is 0. The zero-order valence-corrected chi connectivity index (χ0v) is 16.7. The van der Waals surface area contributed by atoms with Gasteiger partial charge in [0.1, 0.15) is 5.75 Å². The molecule has 5 heteroatoms. The first-order chi connectivity index (χ1) is 13.7. The van der Waals surface area contributed by atoms with E-state index in [-0.39, 0.29) is 0 Å². The molecule has 3 heterocycles. The zero-order valence-electron chi connectivity index (χ0n) is 16.7. The van der Waals surface area contributed by atoms with E-state index in [0.29, 0.717) is 5.92 Å². The van der Waals surface area contributed by atoms with Crippen molar-refractivity contribution in [3.05, 3.63) is 77.4 Å².